The molecule has 0 amide bonds. The van der Waals surface area contributed by atoms with Gasteiger partial charge in [-0.15, -0.1) is 0 Å². The van der Waals surface area contributed by atoms with Crippen molar-refractivity contribution in [1.82, 2.24) is 0 Å². The third-order valence-corrected chi connectivity index (χ3v) is 7.11. The number of furan rings is 1. The van der Waals surface area contributed by atoms with Gasteiger partial charge in [0, 0.05) is 6.42 Å². The van der Waals surface area contributed by atoms with Gasteiger partial charge >= 0.3 is 18.3 Å². The van der Waals surface area contributed by atoms with E-state index in [-0.39, 0.29) is 41.0 Å². The van der Waals surface area contributed by atoms with E-state index in [2.05, 4.69) is 0 Å². The van der Waals surface area contributed by atoms with Crippen molar-refractivity contribution in [3.8, 4) is 17.2 Å². The summed E-state index contributed by atoms with van der Waals surface area (Å²) in [5.74, 6) is -6.47. The SMILES string of the molecule is CCOC(=O)[C@@H]1S[C@@]2(C(F)(F)C(F)F)C[C@@]1(O)c1c(c(OC)c3occc3c1OC)O2. The highest BCUT2D eigenvalue weighted by Crippen LogP contribution is 2.69. The maximum Gasteiger partial charge on any atom is 0.355 e. The topological polar surface area (TPSA) is 87.4 Å². The average molecular weight is 466 g/mol. The standard InChI is InChI=1S/C19H18F4O7S/c1-4-28-15(24)14-17(25)7-18(31-14,19(22,23)16(20)21)30-12-9(17)10(26-2)8-5-6-29-11(8)13(12)27-3/h5-6,14,16,25H,4,7H2,1-3H3/t14-,17+,18+/m0/s1. The van der Waals surface area contributed by atoms with Crippen LogP contribution in [0.2, 0.25) is 0 Å². The maximum absolute atomic E-state index is 14.8. The predicted octanol–water partition coefficient (Wildman–Crippen LogP) is 3.70. The zero-order valence-electron chi connectivity index (χ0n) is 16.5. The quantitative estimate of drug-likeness (QED) is 0.510. The number of benzene rings is 1. The second kappa shape index (κ2) is 7.09. The van der Waals surface area contributed by atoms with Gasteiger partial charge in [-0.3, -0.25) is 4.79 Å². The molecule has 1 saturated heterocycles. The molecule has 2 aliphatic rings. The molecular formula is C19H18F4O7S. The lowest BCUT2D eigenvalue weighted by atomic mass is 9.79. The molecule has 0 radical (unpaired) electrons. The van der Waals surface area contributed by atoms with E-state index >= 15 is 0 Å². The van der Waals surface area contributed by atoms with Gasteiger partial charge < -0.3 is 28.5 Å². The minimum Gasteiger partial charge on any atom is -0.495 e. The van der Waals surface area contributed by atoms with Crippen LogP contribution in [0, 0.1) is 0 Å². The van der Waals surface area contributed by atoms with Gasteiger partial charge in [0.05, 0.1) is 38.0 Å². The molecule has 7 nitrogen and oxygen atoms in total. The van der Waals surface area contributed by atoms with Crippen molar-refractivity contribution in [1.29, 1.82) is 0 Å². The van der Waals surface area contributed by atoms with Crippen LogP contribution in [0.4, 0.5) is 17.6 Å². The van der Waals surface area contributed by atoms with Crippen molar-refractivity contribution < 1.29 is 50.8 Å². The monoisotopic (exact) mass is 466 g/mol. The summed E-state index contributed by atoms with van der Waals surface area (Å²) in [7, 11) is 2.46. The molecule has 1 N–H and O–H groups in total. The van der Waals surface area contributed by atoms with Crippen LogP contribution in [0.15, 0.2) is 16.7 Å². The number of thioether (sulfide) groups is 1. The Morgan fingerprint density at radius 3 is 2.61 bits per heavy atom. The summed E-state index contributed by atoms with van der Waals surface area (Å²) in [6.07, 6.45) is -3.88. The molecular weight excluding hydrogens is 448 g/mol. The van der Waals surface area contributed by atoms with Crippen molar-refractivity contribution in [2.75, 3.05) is 20.8 Å². The average Bonchev–Trinajstić information content (AvgIpc) is 3.28. The molecule has 0 saturated carbocycles. The zero-order chi connectivity index (χ0) is 22.8. The number of rotatable bonds is 6. The van der Waals surface area contributed by atoms with E-state index in [0.717, 1.165) is 0 Å². The van der Waals surface area contributed by atoms with Crippen LogP contribution in [0.1, 0.15) is 18.9 Å². The number of halogens is 4. The van der Waals surface area contributed by atoms with Crippen LogP contribution in [-0.2, 0) is 15.1 Å². The number of hydrogen-bond donors (Lipinski definition) is 1. The first-order valence-electron chi connectivity index (χ1n) is 9.15. The highest BCUT2D eigenvalue weighted by Gasteiger charge is 2.76. The summed E-state index contributed by atoms with van der Waals surface area (Å²) < 4.78 is 83.0. The Labute approximate surface area is 177 Å². The molecule has 1 aromatic carbocycles. The molecule has 0 spiro atoms. The lowest BCUT2D eigenvalue weighted by Crippen LogP contribution is -2.56. The summed E-state index contributed by atoms with van der Waals surface area (Å²) in [6, 6.07) is 1.48. The van der Waals surface area contributed by atoms with Crippen LogP contribution in [-0.4, -0.2) is 54.4 Å². The number of carbonyl (C=O) groups excluding carboxylic acids is 1. The minimum absolute atomic E-state index is 0.0205. The number of fused-ring (bicyclic) bond motifs is 5. The van der Waals surface area contributed by atoms with Crippen LogP contribution < -0.4 is 14.2 Å². The first-order chi connectivity index (χ1) is 14.6. The highest BCUT2D eigenvalue weighted by molar-refractivity contribution is 8.02. The van der Waals surface area contributed by atoms with Crippen LogP contribution in [0.3, 0.4) is 0 Å². The Morgan fingerprint density at radius 2 is 2.03 bits per heavy atom. The first-order valence-corrected chi connectivity index (χ1v) is 10.0. The van der Waals surface area contributed by atoms with Crippen molar-refractivity contribution in [3.63, 3.8) is 0 Å². The second-order valence-electron chi connectivity index (χ2n) is 7.06. The molecule has 2 aromatic rings. The second-order valence-corrected chi connectivity index (χ2v) is 8.43. The van der Waals surface area contributed by atoms with E-state index in [1.54, 1.807) is 0 Å². The first kappa shape index (κ1) is 21.9. The van der Waals surface area contributed by atoms with Gasteiger partial charge in [-0.05, 0) is 13.0 Å². The summed E-state index contributed by atoms with van der Waals surface area (Å²) in [6.45, 7) is 1.37. The number of methoxy groups -OCH3 is 2. The van der Waals surface area contributed by atoms with Gasteiger partial charge in [-0.25, -0.2) is 8.78 Å². The molecule has 170 valence electrons. The summed E-state index contributed by atoms with van der Waals surface area (Å²) in [4.78, 5) is 9.65. The fourth-order valence-electron chi connectivity index (χ4n) is 4.12. The Balaban J connectivity index is 2.07. The third-order valence-electron chi connectivity index (χ3n) is 5.41. The van der Waals surface area contributed by atoms with Gasteiger partial charge in [-0.1, -0.05) is 11.8 Å². The summed E-state index contributed by atoms with van der Waals surface area (Å²) >= 11 is 0.0965. The fourth-order valence-corrected chi connectivity index (χ4v) is 5.74. The largest absolute Gasteiger partial charge is 0.495 e. The van der Waals surface area contributed by atoms with Crippen molar-refractivity contribution in [2.24, 2.45) is 0 Å². The van der Waals surface area contributed by atoms with E-state index < -0.39 is 46.3 Å². The molecule has 31 heavy (non-hydrogen) atoms. The zero-order valence-corrected chi connectivity index (χ0v) is 17.4. The fraction of sp³-hybridized carbons (Fsp3) is 0.526. The number of alkyl halides is 4. The number of carbonyl (C=O) groups is 1. The van der Waals surface area contributed by atoms with Crippen LogP contribution in [0.25, 0.3) is 11.0 Å². The normalized spacial score (nSPS) is 27.2. The maximum atomic E-state index is 14.8. The molecule has 2 aliphatic heterocycles. The van der Waals surface area contributed by atoms with E-state index in [0.29, 0.717) is 5.39 Å². The molecule has 0 unspecified atom stereocenters. The lowest BCUT2D eigenvalue weighted by Gasteiger charge is -2.42. The van der Waals surface area contributed by atoms with Crippen LogP contribution in [0.5, 0.6) is 17.2 Å². The van der Waals surface area contributed by atoms with Crippen molar-refractivity contribution in [2.45, 2.75) is 41.5 Å². The Hall–Kier alpha value is -2.34. The van der Waals surface area contributed by atoms with Gasteiger partial charge in [-0.2, -0.15) is 8.78 Å². The Morgan fingerprint density at radius 1 is 1.35 bits per heavy atom. The Bertz CT molecular complexity index is 1040. The number of aliphatic hydroxyl groups is 1. The molecule has 1 fully saturated rings. The molecule has 2 bridgehead atoms. The molecule has 1 aromatic heterocycles. The van der Waals surface area contributed by atoms with Crippen molar-refractivity contribution >= 4 is 28.7 Å². The molecule has 12 heteroatoms. The molecule has 0 aliphatic carbocycles. The number of esters is 1. The molecule has 3 atom stereocenters. The van der Waals surface area contributed by atoms with Crippen molar-refractivity contribution in [3.05, 3.63) is 17.9 Å². The molecule has 4 rings (SSSR count). The van der Waals surface area contributed by atoms with Crippen LogP contribution >= 0.6 is 11.8 Å². The smallest absolute Gasteiger partial charge is 0.355 e. The van der Waals surface area contributed by atoms with E-state index in [4.69, 9.17) is 23.4 Å². The van der Waals surface area contributed by atoms with Gasteiger partial charge in [0.1, 0.15) is 16.6 Å². The minimum atomic E-state index is -4.74. The van der Waals surface area contributed by atoms with E-state index in [1.807, 2.05) is 0 Å². The third kappa shape index (κ3) is 2.73. The summed E-state index contributed by atoms with van der Waals surface area (Å²) in [5, 5.41) is 10.2. The number of hydrogen-bond acceptors (Lipinski definition) is 8. The predicted molar refractivity (Wildman–Crippen MR) is 100 cm³/mol. The van der Waals surface area contributed by atoms with Gasteiger partial charge in [0.15, 0.2) is 11.3 Å². The highest BCUT2D eigenvalue weighted by atomic mass is 32.2. The number of ether oxygens (including phenoxy) is 4. The summed E-state index contributed by atoms with van der Waals surface area (Å²) in [5.41, 5.74) is -2.52. The van der Waals surface area contributed by atoms with Gasteiger partial charge in [0.2, 0.25) is 10.7 Å². The van der Waals surface area contributed by atoms with E-state index in [1.165, 1.54) is 33.5 Å². The lowest BCUT2D eigenvalue weighted by molar-refractivity contribution is -0.213. The molecule has 3 heterocycles. The van der Waals surface area contributed by atoms with Gasteiger partial charge in [0.25, 0.3) is 0 Å². The Kier molecular flexibility index (Phi) is 5.00. The van der Waals surface area contributed by atoms with E-state index in [9.17, 15) is 27.5 Å².